The van der Waals surface area contributed by atoms with Gasteiger partial charge in [0.1, 0.15) is 11.6 Å². The van der Waals surface area contributed by atoms with Crippen molar-refractivity contribution in [2.75, 3.05) is 0 Å². The summed E-state index contributed by atoms with van der Waals surface area (Å²) in [4.78, 5) is 8.41. The molecule has 1 aromatic carbocycles. The summed E-state index contributed by atoms with van der Waals surface area (Å²) in [6, 6.07) is 3.10. The van der Waals surface area contributed by atoms with Crippen molar-refractivity contribution in [2.24, 2.45) is 0 Å². The number of aryl methyl sites for hydroxylation is 2. The van der Waals surface area contributed by atoms with Crippen molar-refractivity contribution >= 4 is 38.6 Å². The summed E-state index contributed by atoms with van der Waals surface area (Å²) in [5, 5.41) is 3.49. The average Bonchev–Trinajstić information content (AvgIpc) is 3.05. The van der Waals surface area contributed by atoms with Gasteiger partial charge in [-0.15, -0.1) is 11.6 Å². The lowest BCUT2D eigenvalue weighted by Crippen LogP contribution is -2.07. The standard InChI is InChI=1S/C13H11BrClFN4O/c1-7(15)13-18-10-5-9(16)8(14)4-11(10)20(13)3-2-12-17-6-21-19-12/h4-7H,2-3H2,1H3. The van der Waals surface area contributed by atoms with Gasteiger partial charge in [-0.05, 0) is 28.9 Å². The van der Waals surface area contributed by atoms with Crippen molar-refractivity contribution in [2.45, 2.75) is 25.3 Å². The van der Waals surface area contributed by atoms with Crippen LogP contribution in [0.1, 0.15) is 23.9 Å². The first-order valence-corrected chi connectivity index (χ1v) is 7.53. The zero-order valence-corrected chi connectivity index (χ0v) is 13.4. The molecule has 0 aliphatic heterocycles. The molecule has 2 heterocycles. The molecule has 0 bridgehead atoms. The summed E-state index contributed by atoms with van der Waals surface area (Å²) in [7, 11) is 0. The molecule has 0 amide bonds. The van der Waals surface area contributed by atoms with E-state index < -0.39 is 0 Å². The van der Waals surface area contributed by atoms with Gasteiger partial charge in [-0.1, -0.05) is 5.16 Å². The highest BCUT2D eigenvalue weighted by atomic mass is 79.9. The predicted octanol–water partition coefficient (Wildman–Crippen LogP) is 3.86. The van der Waals surface area contributed by atoms with Crippen LogP contribution in [0.2, 0.25) is 0 Å². The highest BCUT2D eigenvalue weighted by Crippen LogP contribution is 2.28. The number of hydrogen-bond acceptors (Lipinski definition) is 4. The zero-order chi connectivity index (χ0) is 15.0. The molecule has 0 radical (unpaired) electrons. The average molecular weight is 374 g/mol. The van der Waals surface area contributed by atoms with Crippen LogP contribution in [-0.2, 0) is 13.0 Å². The molecule has 8 heteroatoms. The van der Waals surface area contributed by atoms with Crippen LogP contribution in [0.3, 0.4) is 0 Å². The smallest absolute Gasteiger partial charge is 0.213 e. The molecule has 3 aromatic rings. The van der Waals surface area contributed by atoms with E-state index in [1.807, 2.05) is 11.5 Å². The van der Waals surface area contributed by atoms with E-state index in [0.29, 0.717) is 34.6 Å². The Kier molecular flexibility index (Phi) is 3.95. The molecule has 21 heavy (non-hydrogen) atoms. The second-order valence-electron chi connectivity index (χ2n) is 4.59. The molecule has 0 N–H and O–H groups in total. The second-order valence-corrected chi connectivity index (χ2v) is 6.10. The number of fused-ring (bicyclic) bond motifs is 1. The van der Waals surface area contributed by atoms with Gasteiger partial charge in [0, 0.05) is 19.0 Å². The molecule has 5 nitrogen and oxygen atoms in total. The van der Waals surface area contributed by atoms with Gasteiger partial charge in [-0.25, -0.2) is 9.37 Å². The number of alkyl halides is 1. The van der Waals surface area contributed by atoms with Crippen LogP contribution >= 0.6 is 27.5 Å². The molecule has 110 valence electrons. The van der Waals surface area contributed by atoms with Crippen molar-refractivity contribution in [1.29, 1.82) is 0 Å². The maximum Gasteiger partial charge on any atom is 0.213 e. The van der Waals surface area contributed by atoms with E-state index in [9.17, 15) is 4.39 Å². The Morgan fingerprint density at radius 3 is 2.95 bits per heavy atom. The van der Waals surface area contributed by atoms with Crippen molar-refractivity contribution in [3.8, 4) is 0 Å². The third-order valence-corrected chi connectivity index (χ3v) is 3.94. The lowest BCUT2D eigenvalue weighted by atomic mass is 10.3. The summed E-state index contributed by atoms with van der Waals surface area (Å²) in [5.74, 6) is 0.943. The van der Waals surface area contributed by atoms with Crippen LogP contribution in [-0.4, -0.2) is 19.7 Å². The van der Waals surface area contributed by atoms with Gasteiger partial charge >= 0.3 is 0 Å². The number of rotatable bonds is 4. The molecule has 1 atom stereocenters. The van der Waals surface area contributed by atoms with E-state index in [-0.39, 0.29) is 11.2 Å². The fourth-order valence-electron chi connectivity index (χ4n) is 2.19. The molecular formula is C13H11BrClFN4O. The van der Waals surface area contributed by atoms with Crippen LogP contribution in [0.25, 0.3) is 11.0 Å². The van der Waals surface area contributed by atoms with Crippen molar-refractivity contribution in [3.05, 3.63) is 40.5 Å². The molecule has 3 rings (SSSR count). The summed E-state index contributed by atoms with van der Waals surface area (Å²) in [6.45, 7) is 2.42. The molecular weight excluding hydrogens is 363 g/mol. The molecule has 2 aromatic heterocycles. The fraction of sp³-hybridized carbons (Fsp3) is 0.308. The number of benzene rings is 1. The minimum absolute atomic E-state index is 0.287. The van der Waals surface area contributed by atoms with Gasteiger partial charge in [0.05, 0.1) is 20.9 Å². The Morgan fingerprint density at radius 2 is 2.29 bits per heavy atom. The summed E-state index contributed by atoms with van der Waals surface area (Å²) in [6.07, 6.45) is 1.87. The highest BCUT2D eigenvalue weighted by molar-refractivity contribution is 9.10. The van der Waals surface area contributed by atoms with E-state index in [0.717, 1.165) is 5.52 Å². The third-order valence-electron chi connectivity index (χ3n) is 3.14. The van der Waals surface area contributed by atoms with Crippen LogP contribution < -0.4 is 0 Å². The van der Waals surface area contributed by atoms with E-state index in [4.69, 9.17) is 16.1 Å². The minimum Gasteiger partial charge on any atom is -0.343 e. The number of halogens is 3. The minimum atomic E-state index is -0.348. The Morgan fingerprint density at radius 1 is 1.48 bits per heavy atom. The van der Waals surface area contributed by atoms with Gasteiger partial charge in [-0.3, -0.25) is 0 Å². The quantitative estimate of drug-likeness (QED) is 0.652. The number of aromatic nitrogens is 4. The van der Waals surface area contributed by atoms with E-state index in [2.05, 4.69) is 31.1 Å². The maximum atomic E-state index is 13.6. The predicted molar refractivity (Wildman–Crippen MR) is 79.7 cm³/mol. The topological polar surface area (TPSA) is 56.7 Å². The van der Waals surface area contributed by atoms with Gasteiger partial charge in [0.2, 0.25) is 6.39 Å². The van der Waals surface area contributed by atoms with E-state index >= 15 is 0 Å². The third kappa shape index (κ3) is 2.80. The Hall–Kier alpha value is -1.47. The summed E-state index contributed by atoms with van der Waals surface area (Å²) in [5.41, 5.74) is 1.39. The second kappa shape index (κ2) is 5.73. The molecule has 0 fully saturated rings. The summed E-state index contributed by atoms with van der Waals surface area (Å²) < 4.78 is 20.7. The van der Waals surface area contributed by atoms with Crippen molar-refractivity contribution in [3.63, 3.8) is 0 Å². The Labute approximate surface area is 133 Å². The van der Waals surface area contributed by atoms with E-state index in [1.54, 1.807) is 6.07 Å². The first kappa shape index (κ1) is 14.5. The maximum absolute atomic E-state index is 13.6. The SMILES string of the molecule is CC(Cl)c1nc2cc(F)c(Br)cc2n1CCc1ncon1. The summed E-state index contributed by atoms with van der Waals surface area (Å²) >= 11 is 9.38. The zero-order valence-electron chi connectivity index (χ0n) is 11.1. The lowest BCUT2D eigenvalue weighted by Gasteiger charge is -2.09. The molecule has 0 spiro atoms. The van der Waals surface area contributed by atoms with E-state index in [1.165, 1.54) is 12.5 Å². The normalized spacial score (nSPS) is 13.0. The highest BCUT2D eigenvalue weighted by Gasteiger charge is 2.17. The van der Waals surface area contributed by atoms with Crippen molar-refractivity contribution < 1.29 is 8.91 Å². The first-order valence-electron chi connectivity index (χ1n) is 6.30. The molecule has 0 saturated carbocycles. The van der Waals surface area contributed by atoms with Gasteiger partial charge in [-0.2, -0.15) is 4.98 Å². The Bertz CT molecular complexity index is 772. The lowest BCUT2D eigenvalue weighted by molar-refractivity contribution is 0.408. The van der Waals surface area contributed by atoms with Crippen LogP contribution in [0.5, 0.6) is 0 Å². The van der Waals surface area contributed by atoms with Gasteiger partial charge < -0.3 is 9.09 Å². The monoisotopic (exact) mass is 372 g/mol. The number of imidazole rings is 1. The molecule has 0 aliphatic rings. The molecule has 0 saturated heterocycles. The van der Waals surface area contributed by atoms with Crippen LogP contribution in [0.4, 0.5) is 4.39 Å². The van der Waals surface area contributed by atoms with Gasteiger partial charge in [0.15, 0.2) is 5.82 Å². The van der Waals surface area contributed by atoms with Crippen LogP contribution in [0, 0.1) is 5.82 Å². The molecule has 1 unspecified atom stereocenters. The van der Waals surface area contributed by atoms with Crippen LogP contribution in [0.15, 0.2) is 27.5 Å². The Balaban J connectivity index is 2.04. The fourth-order valence-corrected chi connectivity index (χ4v) is 2.69. The first-order chi connectivity index (χ1) is 10.1. The largest absolute Gasteiger partial charge is 0.343 e. The number of hydrogen-bond donors (Lipinski definition) is 0. The van der Waals surface area contributed by atoms with Gasteiger partial charge in [0.25, 0.3) is 0 Å². The molecule has 0 aliphatic carbocycles. The number of nitrogens with zero attached hydrogens (tertiary/aromatic N) is 4. The van der Waals surface area contributed by atoms with Crippen molar-refractivity contribution in [1.82, 2.24) is 19.7 Å².